The third kappa shape index (κ3) is 7.46. The van der Waals surface area contributed by atoms with Crippen molar-refractivity contribution in [1.82, 2.24) is 19.5 Å². The quantitative estimate of drug-likeness (QED) is 0.199. The Morgan fingerprint density at radius 3 is 2.49 bits per heavy atom. The van der Waals surface area contributed by atoms with Crippen LogP contribution in [0.2, 0.25) is 0 Å². The number of amides is 2. The van der Waals surface area contributed by atoms with Gasteiger partial charge < -0.3 is 10.1 Å². The number of hydrogen-bond donors (Lipinski definition) is 2. The third-order valence-corrected chi connectivity index (χ3v) is 7.35. The number of carbonyl (C=O) groups is 3. The molecular weight excluding hydrogens is 542 g/mol. The van der Waals surface area contributed by atoms with Crippen LogP contribution >= 0.6 is 0 Å². The molecule has 41 heavy (non-hydrogen) atoms. The lowest BCUT2D eigenvalue weighted by Gasteiger charge is -2.13. The van der Waals surface area contributed by atoms with E-state index in [1.807, 2.05) is 6.92 Å². The zero-order valence-electron chi connectivity index (χ0n) is 22.6. The van der Waals surface area contributed by atoms with Gasteiger partial charge in [-0.2, -0.15) is 5.10 Å². The number of pyridine rings is 1. The summed E-state index contributed by atoms with van der Waals surface area (Å²) in [4.78, 5) is 41.5. The Morgan fingerprint density at radius 1 is 1.00 bits per heavy atom. The molecule has 0 bridgehead atoms. The number of esters is 1. The van der Waals surface area contributed by atoms with Crippen LogP contribution in [0.3, 0.4) is 0 Å². The Morgan fingerprint density at radius 2 is 1.76 bits per heavy atom. The molecule has 208 valence electrons. The third-order valence-electron chi connectivity index (χ3n) is 5.82. The molecule has 11 heteroatoms. The van der Waals surface area contributed by atoms with E-state index in [1.165, 1.54) is 30.3 Å². The van der Waals surface area contributed by atoms with Crippen LogP contribution in [-0.2, 0) is 32.7 Å². The van der Waals surface area contributed by atoms with Gasteiger partial charge in [0.15, 0.2) is 0 Å². The number of benzene rings is 2. The van der Waals surface area contributed by atoms with Crippen molar-refractivity contribution >= 4 is 39.0 Å². The number of anilines is 1. The summed E-state index contributed by atoms with van der Waals surface area (Å²) in [6.07, 6.45) is 2.83. The Labute approximate surface area is 237 Å². The number of aryl methyl sites for hydroxylation is 2. The number of nitrogens with one attached hydrogen (secondary N) is 2. The number of rotatable bonds is 7. The predicted octanol–water partition coefficient (Wildman–Crippen LogP) is 2.91. The highest BCUT2D eigenvalue weighted by molar-refractivity contribution is 7.99. The minimum atomic E-state index is -3.23. The van der Waals surface area contributed by atoms with E-state index in [1.54, 1.807) is 61.6 Å². The summed E-state index contributed by atoms with van der Waals surface area (Å²) in [5, 5.41) is 7.03. The van der Waals surface area contributed by atoms with Crippen LogP contribution in [-0.4, -0.2) is 49.7 Å². The summed E-state index contributed by atoms with van der Waals surface area (Å²) in [6.45, 7) is 1.81. The van der Waals surface area contributed by atoms with Crippen LogP contribution in [0.1, 0.15) is 43.2 Å². The van der Waals surface area contributed by atoms with Crippen molar-refractivity contribution < 1.29 is 23.3 Å². The largest absolute Gasteiger partial charge is 0.469 e. The van der Waals surface area contributed by atoms with Gasteiger partial charge in [-0.1, -0.05) is 30.0 Å². The van der Waals surface area contributed by atoms with E-state index >= 15 is 0 Å². The van der Waals surface area contributed by atoms with Crippen LogP contribution in [0.4, 0.5) is 5.69 Å². The molecule has 2 aromatic heterocycles. The molecule has 0 saturated heterocycles. The molecule has 0 radical (unpaired) electrons. The minimum absolute atomic E-state index is 0.00218. The molecule has 2 heterocycles. The van der Waals surface area contributed by atoms with Crippen molar-refractivity contribution in [2.45, 2.75) is 18.2 Å². The van der Waals surface area contributed by atoms with E-state index < -0.39 is 21.6 Å². The van der Waals surface area contributed by atoms with Crippen molar-refractivity contribution in [2.24, 2.45) is 7.05 Å². The molecule has 0 aliphatic rings. The van der Waals surface area contributed by atoms with Crippen LogP contribution in [0, 0.1) is 18.8 Å². The van der Waals surface area contributed by atoms with Gasteiger partial charge in [0.05, 0.1) is 34.5 Å². The molecule has 0 spiro atoms. The fourth-order valence-electron chi connectivity index (χ4n) is 3.84. The first-order valence-electron chi connectivity index (χ1n) is 12.3. The summed E-state index contributed by atoms with van der Waals surface area (Å²) in [5.41, 5.74) is 3.54. The number of aromatic nitrogens is 3. The van der Waals surface area contributed by atoms with Crippen molar-refractivity contribution in [3.8, 4) is 11.8 Å². The van der Waals surface area contributed by atoms with Crippen LogP contribution in [0.5, 0.6) is 0 Å². The lowest BCUT2D eigenvalue weighted by atomic mass is 10.1. The topological polar surface area (TPSA) is 132 Å². The van der Waals surface area contributed by atoms with Crippen LogP contribution in [0.25, 0.3) is 0 Å². The summed E-state index contributed by atoms with van der Waals surface area (Å²) in [5.74, 6) is 8.27. The van der Waals surface area contributed by atoms with E-state index in [2.05, 4.69) is 42.6 Å². The molecule has 0 fully saturated rings. The maximum Gasteiger partial charge on any atom is 0.309 e. The molecule has 1 unspecified atom stereocenters. The van der Waals surface area contributed by atoms with Crippen molar-refractivity contribution in [1.29, 1.82) is 0 Å². The van der Waals surface area contributed by atoms with E-state index in [-0.39, 0.29) is 22.8 Å². The first-order chi connectivity index (χ1) is 19.5. The SMILES string of the molecule is C=S(=O)(NC(=O)c1cncc(C#Cc2cccc(NC(=O)c3cc(C)nn3C)c2)c1)c1cccc(CC(=O)OC)c1. The minimum Gasteiger partial charge on any atom is -0.469 e. The summed E-state index contributed by atoms with van der Waals surface area (Å²) in [6, 6.07) is 16.7. The normalized spacial score (nSPS) is 11.9. The Balaban J connectivity index is 1.46. The molecular formula is C30H27N5O5S. The van der Waals surface area contributed by atoms with E-state index in [9.17, 15) is 18.6 Å². The summed E-state index contributed by atoms with van der Waals surface area (Å²) >= 11 is 0. The number of nitrogens with zero attached hydrogens (tertiary/aromatic N) is 3. The van der Waals surface area contributed by atoms with E-state index in [0.29, 0.717) is 28.1 Å². The lowest BCUT2D eigenvalue weighted by Crippen LogP contribution is -2.30. The average molecular weight is 570 g/mol. The number of hydrogen-bond acceptors (Lipinski definition) is 7. The second kappa shape index (κ2) is 12.3. The fraction of sp³-hybridized carbons (Fsp3) is 0.133. The molecule has 4 aromatic rings. The van der Waals surface area contributed by atoms with Gasteiger partial charge in [-0.15, -0.1) is 0 Å². The second-order valence-corrected chi connectivity index (χ2v) is 11.1. The van der Waals surface area contributed by atoms with Gasteiger partial charge in [-0.25, -0.2) is 4.21 Å². The Hall–Kier alpha value is -5.21. The van der Waals surface area contributed by atoms with Gasteiger partial charge in [0, 0.05) is 41.2 Å². The van der Waals surface area contributed by atoms with Crippen molar-refractivity contribution in [2.75, 3.05) is 12.4 Å². The van der Waals surface area contributed by atoms with Gasteiger partial charge in [-0.05, 0) is 60.8 Å². The highest BCUT2D eigenvalue weighted by Gasteiger charge is 2.16. The molecule has 4 rings (SSSR count). The van der Waals surface area contributed by atoms with E-state index in [4.69, 9.17) is 0 Å². The molecule has 0 aliphatic carbocycles. The fourth-order valence-corrected chi connectivity index (χ4v) is 5.01. The molecule has 0 aliphatic heterocycles. The summed E-state index contributed by atoms with van der Waals surface area (Å²) < 4.78 is 21.9. The molecule has 10 nitrogen and oxygen atoms in total. The second-order valence-electron chi connectivity index (χ2n) is 9.05. The monoisotopic (exact) mass is 569 g/mol. The number of carbonyl (C=O) groups excluding carboxylic acids is 3. The Bertz CT molecular complexity index is 1820. The van der Waals surface area contributed by atoms with Gasteiger partial charge in [0.2, 0.25) is 0 Å². The first kappa shape index (κ1) is 28.8. The zero-order valence-corrected chi connectivity index (χ0v) is 23.5. The van der Waals surface area contributed by atoms with Gasteiger partial charge in [0.25, 0.3) is 11.8 Å². The molecule has 2 amide bonds. The number of ether oxygens (including phenoxy) is 1. The maximum absolute atomic E-state index is 13.3. The van der Waals surface area contributed by atoms with Gasteiger partial charge >= 0.3 is 5.97 Å². The molecule has 0 saturated carbocycles. The van der Waals surface area contributed by atoms with Crippen LogP contribution < -0.4 is 10.0 Å². The maximum atomic E-state index is 13.3. The first-order valence-corrected chi connectivity index (χ1v) is 14.0. The molecule has 2 N–H and O–H groups in total. The van der Waals surface area contributed by atoms with E-state index in [0.717, 1.165) is 5.69 Å². The lowest BCUT2D eigenvalue weighted by molar-refractivity contribution is -0.139. The van der Waals surface area contributed by atoms with Gasteiger partial charge in [-0.3, -0.25) is 28.8 Å². The summed E-state index contributed by atoms with van der Waals surface area (Å²) in [7, 11) is -0.248. The molecule has 1 atom stereocenters. The predicted molar refractivity (Wildman–Crippen MR) is 156 cm³/mol. The smallest absolute Gasteiger partial charge is 0.309 e. The highest BCUT2D eigenvalue weighted by atomic mass is 32.2. The van der Waals surface area contributed by atoms with Gasteiger partial charge in [0.1, 0.15) is 5.69 Å². The van der Waals surface area contributed by atoms with Crippen LogP contribution in [0.15, 0.2) is 78.0 Å². The zero-order chi connectivity index (χ0) is 29.6. The molecule has 2 aromatic carbocycles. The average Bonchev–Trinajstić information content (AvgIpc) is 3.29. The highest BCUT2D eigenvalue weighted by Crippen LogP contribution is 2.15. The van der Waals surface area contributed by atoms with Crippen molar-refractivity contribution in [3.05, 3.63) is 107 Å². The number of methoxy groups -OCH3 is 1. The van der Waals surface area contributed by atoms with Crippen molar-refractivity contribution in [3.63, 3.8) is 0 Å². The Kier molecular flexibility index (Phi) is 8.65. The standard InChI is InChI=1S/C30H27N5O5S/c1-20-13-27(35(2)33-20)30(38)32-25-9-5-7-21(15-25)11-12-23-14-24(19-31-18-23)29(37)34-41(4,39)26-10-6-8-22(16-26)17-28(36)40-3/h5-10,13-16,18-19H,4,17H2,1-3H3,(H,32,38)(H,34,37,39).